The predicted octanol–water partition coefficient (Wildman–Crippen LogP) is 3.09. The zero-order chi connectivity index (χ0) is 20.1. The minimum absolute atomic E-state index is 0.00841. The van der Waals surface area contributed by atoms with Crippen LogP contribution in [0.1, 0.15) is 44.0 Å². The normalized spacial score (nSPS) is 12.9. The highest BCUT2D eigenvalue weighted by atomic mass is 19.1. The van der Waals surface area contributed by atoms with Gasteiger partial charge in [0.15, 0.2) is 0 Å². The number of amides is 1. The summed E-state index contributed by atoms with van der Waals surface area (Å²) in [5.74, 6) is -0.924. The maximum atomic E-state index is 13.3. The Morgan fingerprint density at radius 1 is 1.30 bits per heavy atom. The molecule has 7 heteroatoms. The minimum Gasteiger partial charge on any atom is -0.463 e. The van der Waals surface area contributed by atoms with Crippen LogP contribution in [0.5, 0.6) is 0 Å². The molecule has 1 atom stereocenters. The lowest BCUT2D eigenvalue weighted by Gasteiger charge is -2.18. The number of benzene rings is 1. The molecule has 0 fully saturated rings. The van der Waals surface area contributed by atoms with Crippen molar-refractivity contribution in [1.29, 1.82) is 0 Å². The molecule has 0 aromatic heterocycles. The number of rotatable bonds is 11. The Balaban J connectivity index is 2.68. The van der Waals surface area contributed by atoms with Gasteiger partial charge in [0, 0.05) is 12.7 Å². The van der Waals surface area contributed by atoms with E-state index in [2.05, 4.69) is 29.1 Å². The van der Waals surface area contributed by atoms with Crippen molar-refractivity contribution in [1.82, 2.24) is 10.2 Å². The van der Waals surface area contributed by atoms with Crippen LogP contribution >= 0.6 is 0 Å². The third kappa shape index (κ3) is 9.49. The van der Waals surface area contributed by atoms with Crippen LogP contribution in [0.15, 0.2) is 29.3 Å². The molecule has 0 heterocycles. The van der Waals surface area contributed by atoms with Crippen LogP contribution in [-0.2, 0) is 9.47 Å². The van der Waals surface area contributed by atoms with Crippen molar-refractivity contribution in [2.45, 2.75) is 39.7 Å². The van der Waals surface area contributed by atoms with Crippen LogP contribution in [-0.4, -0.2) is 62.8 Å². The molecule has 0 aliphatic carbocycles. The van der Waals surface area contributed by atoms with Gasteiger partial charge in [-0.1, -0.05) is 19.9 Å². The maximum absolute atomic E-state index is 13.3. The van der Waals surface area contributed by atoms with E-state index in [1.165, 1.54) is 18.2 Å². The third-order valence-corrected chi connectivity index (χ3v) is 4.16. The number of carbonyl (C=O) groups is 1. The van der Waals surface area contributed by atoms with E-state index in [1.54, 1.807) is 13.2 Å². The van der Waals surface area contributed by atoms with Gasteiger partial charge in [0.25, 0.3) is 11.9 Å². The van der Waals surface area contributed by atoms with Crippen molar-refractivity contribution in [3.63, 3.8) is 0 Å². The highest BCUT2D eigenvalue weighted by Gasteiger charge is 2.13. The number of aliphatic imine (C=N–C) groups is 1. The van der Waals surface area contributed by atoms with Crippen molar-refractivity contribution >= 4 is 11.9 Å². The van der Waals surface area contributed by atoms with Gasteiger partial charge >= 0.3 is 0 Å². The standard InChI is InChI=1S/C20H32FN3O3/c1-5-24(6-2)12-8-9-16(3)22-20(27-14-13-26-4)23-19(25)17-10-7-11-18(21)15-17/h7,10-11,15-16H,5-6,8-9,12-14H2,1-4H3,(H,22,23,25)/t16-/m0/s1. The Kier molecular flexibility index (Phi) is 11.3. The maximum Gasteiger partial charge on any atom is 0.292 e. The number of nitrogens with zero attached hydrogens (tertiary/aromatic N) is 2. The number of hydrogen-bond donors (Lipinski definition) is 1. The molecule has 27 heavy (non-hydrogen) atoms. The van der Waals surface area contributed by atoms with Crippen molar-refractivity contribution in [3.05, 3.63) is 35.6 Å². The van der Waals surface area contributed by atoms with Gasteiger partial charge in [-0.15, -0.1) is 0 Å². The number of ether oxygens (including phenoxy) is 2. The molecule has 1 rings (SSSR count). The molecular formula is C20H32FN3O3. The quantitative estimate of drug-likeness (QED) is 0.363. The first-order valence-electron chi connectivity index (χ1n) is 9.48. The molecule has 1 aromatic carbocycles. The molecule has 1 aromatic rings. The lowest BCUT2D eigenvalue weighted by molar-refractivity contribution is 0.0953. The largest absolute Gasteiger partial charge is 0.463 e. The first-order chi connectivity index (χ1) is 13.0. The SMILES string of the molecule is CCN(CC)CCC[C@H](C)N=C(NC(=O)c1cccc(F)c1)OCCOC. The fraction of sp³-hybridized carbons (Fsp3) is 0.600. The summed E-state index contributed by atoms with van der Waals surface area (Å²) in [6.07, 6.45) is 1.89. The second-order valence-electron chi connectivity index (χ2n) is 6.26. The summed E-state index contributed by atoms with van der Waals surface area (Å²) in [6, 6.07) is 5.62. The van der Waals surface area contributed by atoms with E-state index in [-0.39, 0.29) is 24.2 Å². The van der Waals surface area contributed by atoms with E-state index in [0.29, 0.717) is 6.61 Å². The Bertz CT molecular complexity index is 592. The Hall–Kier alpha value is -1.99. The summed E-state index contributed by atoms with van der Waals surface area (Å²) in [4.78, 5) is 19.2. The van der Waals surface area contributed by atoms with E-state index in [0.717, 1.165) is 32.5 Å². The van der Waals surface area contributed by atoms with Crippen LogP contribution in [0.4, 0.5) is 4.39 Å². The van der Waals surface area contributed by atoms with Crippen LogP contribution < -0.4 is 5.32 Å². The molecule has 0 spiro atoms. The average Bonchev–Trinajstić information content (AvgIpc) is 2.65. The van der Waals surface area contributed by atoms with Crippen LogP contribution in [0.2, 0.25) is 0 Å². The first-order valence-corrected chi connectivity index (χ1v) is 9.48. The van der Waals surface area contributed by atoms with E-state index < -0.39 is 11.7 Å². The Labute approximate surface area is 161 Å². The van der Waals surface area contributed by atoms with Crippen LogP contribution in [0.3, 0.4) is 0 Å². The molecule has 0 radical (unpaired) electrons. The Morgan fingerprint density at radius 2 is 2.04 bits per heavy atom. The second kappa shape index (κ2) is 13.2. The smallest absolute Gasteiger partial charge is 0.292 e. The molecule has 0 aliphatic heterocycles. The van der Waals surface area contributed by atoms with Gasteiger partial charge in [0.2, 0.25) is 0 Å². The number of methoxy groups -OCH3 is 1. The van der Waals surface area contributed by atoms with Gasteiger partial charge in [-0.05, 0) is 57.6 Å². The molecule has 0 saturated heterocycles. The number of amidine groups is 1. The van der Waals surface area contributed by atoms with Gasteiger partial charge in [0.1, 0.15) is 12.4 Å². The van der Waals surface area contributed by atoms with Gasteiger partial charge in [0.05, 0.1) is 12.6 Å². The van der Waals surface area contributed by atoms with E-state index in [9.17, 15) is 9.18 Å². The summed E-state index contributed by atoms with van der Waals surface area (Å²) in [6.45, 7) is 10.0. The molecule has 0 unspecified atom stereocenters. The average molecular weight is 381 g/mol. The van der Waals surface area contributed by atoms with E-state index in [4.69, 9.17) is 9.47 Å². The van der Waals surface area contributed by atoms with Gasteiger partial charge in [-0.3, -0.25) is 10.1 Å². The van der Waals surface area contributed by atoms with Crippen molar-refractivity contribution in [3.8, 4) is 0 Å². The molecular weight excluding hydrogens is 349 g/mol. The summed E-state index contributed by atoms with van der Waals surface area (Å²) >= 11 is 0. The van der Waals surface area contributed by atoms with E-state index in [1.807, 2.05) is 6.92 Å². The lowest BCUT2D eigenvalue weighted by Crippen LogP contribution is -2.34. The summed E-state index contributed by atoms with van der Waals surface area (Å²) in [7, 11) is 1.57. The van der Waals surface area contributed by atoms with Crippen LogP contribution in [0.25, 0.3) is 0 Å². The first kappa shape index (κ1) is 23.0. The number of hydrogen-bond acceptors (Lipinski definition) is 5. The minimum atomic E-state index is -0.466. The molecule has 152 valence electrons. The molecule has 1 N–H and O–H groups in total. The fourth-order valence-corrected chi connectivity index (χ4v) is 2.54. The zero-order valence-electron chi connectivity index (χ0n) is 16.8. The van der Waals surface area contributed by atoms with Crippen molar-refractivity contribution in [2.24, 2.45) is 4.99 Å². The fourth-order valence-electron chi connectivity index (χ4n) is 2.54. The van der Waals surface area contributed by atoms with Gasteiger partial charge in [-0.2, -0.15) is 0 Å². The topological polar surface area (TPSA) is 63.2 Å². The highest BCUT2D eigenvalue weighted by Crippen LogP contribution is 2.06. The zero-order valence-corrected chi connectivity index (χ0v) is 16.8. The van der Waals surface area contributed by atoms with Crippen molar-refractivity contribution in [2.75, 3.05) is 40.0 Å². The monoisotopic (exact) mass is 381 g/mol. The van der Waals surface area contributed by atoms with Crippen LogP contribution in [0, 0.1) is 5.82 Å². The number of carbonyl (C=O) groups excluding carboxylic acids is 1. The lowest BCUT2D eigenvalue weighted by atomic mass is 10.2. The molecule has 0 aliphatic rings. The molecule has 1 amide bonds. The summed E-state index contributed by atoms with van der Waals surface area (Å²) in [5, 5.41) is 2.63. The predicted molar refractivity (Wildman–Crippen MR) is 106 cm³/mol. The van der Waals surface area contributed by atoms with Gasteiger partial charge < -0.3 is 14.4 Å². The highest BCUT2D eigenvalue weighted by molar-refractivity contribution is 6.04. The summed E-state index contributed by atoms with van der Waals surface area (Å²) < 4.78 is 23.8. The molecule has 0 saturated carbocycles. The van der Waals surface area contributed by atoms with Crippen molar-refractivity contribution < 1.29 is 18.7 Å². The molecule has 0 bridgehead atoms. The van der Waals surface area contributed by atoms with E-state index >= 15 is 0 Å². The summed E-state index contributed by atoms with van der Waals surface area (Å²) in [5.41, 5.74) is 0.215. The Morgan fingerprint density at radius 3 is 2.67 bits per heavy atom. The molecule has 6 nitrogen and oxygen atoms in total. The number of nitrogens with one attached hydrogen (secondary N) is 1. The third-order valence-electron chi connectivity index (χ3n) is 4.16. The number of halogens is 1. The second-order valence-corrected chi connectivity index (χ2v) is 6.26. The van der Waals surface area contributed by atoms with Gasteiger partial charge in [-0.25, -0.2) is 9.38 Å².